The Bertz CT molecular complexity index is 31.5. The summed E-state index contributed by atoms with van der Waals surface area (Å²) in [5, 5.41) is 0. The summed E-state index contributed by atoms with van der Waals surface area (Å²) in [5.41, 5.74) is 0. The van der Waals surface area contributed by atoms with Crippen molar-refractivity contribution in [1.29, 1.82) is 0 Å². The Labute approximate surface area is 111 Å². The minimum atomic E-state index is -5.61. The van der Waals surface area contributed by atoms with E-state index in [9.17, 15) is 0 Å². The molecule has 0 radical (unpaired) electrons. The van der Waals surface area contributed by atoms with Gasteiger partial charge in [-0.05, 0) is 0 Å². The number of hydrogen-bond acceptors (Lipinski definition) is 4. The molecule has 0 saturated carbocycles. The zero-order valence-corrected chi connectivity index (χ0v) is 10.8. The summed E-state index contributed by atoms with van der Waals surface area (Å²) in [6.45, 7) is 0. The van der Waals surface area contributed by atoms with Crippen molar-refractivity contribution in [3.63, 3.8) is 0 Å². The maximum Gasteiger partial charge on any atom is 3.00 e. The van der Waals surface area contributed by atoms with Crippen LogP contribution in [-0.4, -0.2) is 64.1 Å². The summed E-state index contributed by atoms with van der Waals surface area (Å²) in [7, 11) is -5.61. The molecule has 0 rings (SSSR count). The second-order valence-corrected chi connectivity index (χ2v) is 1.50. The summed E-state index contributed by atoms with van der Waals surface area (Å²) < 4.78 is 0. The van der Waals surface area contributed by atoms with Gasteiger partial charge in [-0.3, -0.25) is 0 Å². The van der Waals surface area contributed by atoms with Crippen molar-refractivity contribution in [2.75, 3.05) is 0 Å². The van der Waals surface area contributed by atoms with Crippen molar-refractivity contribution in [3.8, 4) is 0 Å². The molecule has 0 aliphatic heterocycles. The molecule has 0 amide bonds. The monoisotopic (exact) mass is 182 g/mol. The van der Waals surface area contributed by atoms with Crippen LogP contribution < -0.4 is 48.7 Å². The summed E-state index contributed by atoms with van der Waals surface area (Å²) in [4.78, 5) is 34.3. The Hall–Kier alpha value is 2.85. The molecule has 0 atom stereocenters. The van der Waals surface area contributed by atoms with E-state index in [4.69, 9.17) is 19.2 Å². The zero-order valence-electron chi connectivity index (χ0n) is 4.42. The molecule has 0 N–H and O–H groups in total. The third-order valence-corrected chi connectivity index (χ3v) is 0. The quantitative estimate of drug-likeness (QED) is 0.348. The molecule has 0 aliphatic rings. The van der Waals surface area contributed by atoms with Crippen LogP contribution >= 0.6 is 0 Å². The van der Waals surface area contributed by atoms with Gasteiger partial charge in [0.25, 0.3) is 0 Å². The largest absolute Gasteiger partial charge is 3.00 e. The summed E-state index contributed by atoms with van der Waals surface area (Å²) in [6, 6.07) is 0. The van der Waals surface area contributed by atoms with Gasteiger partial charge in [0.2, 0.25) is 0 Å². The van der Waals surface area contributed by atoms with Crippen LogP contribution in [0.2, 0.25) is 0 Å². The molecule has 0 aliphatic carbocycles. The molecule has 0 aromatic heterocycles. The first-order chi connectivity index (χ1) is 2.00. The normalized spacial score (nSPS) is 7.50. The van der Waals surface area contributed by atoms with Crippen LogP contribution in [-0.2, 0) is 0 Å². The van der Waals surface area contributed by atoms with Gasteiger partial charge >= 0.3 is 84.7 Å². The van der Waals surface area contributed by atoms with Crippen LogP contribution in [0.1, 0.15) is 0 Å². The molecule has 0 aromatic rings. The van der Waals surface area contributed by atoms with E-state index in [0.29, 0.717) is 0 Å². The second-order valence-electron chi connectivity index (χ2n) is 0.500. The van der Waals surface area contributed by atoms with Gasteiger partial charge in [0.1, 0.15) is 0 Å². The fraction of sp³-hybridized carbons (Fsp3) is 0. The van der Waals surface area contributed by atoms with E-state index in [-0.39, 0.29) is 84.7 Å². The summed E-state index contributed by atoms with van der Waals surface area (Å²) in [6.07, 6.45) is 0. The first-order valence-electron chi connectivity index (χ1n) is 0.816. The molecular formula is AlCaNaO4Si+2. The molecular weight excluding hydrogens is 182 g/mol. The van der Waals surface area contributed by atoms with Crippen LogP contribution in [0.4, 0.5) is 0 Å². The molecule has 0 bridgehead atoms. The molecule has 0 spiro atoms. The maximum atomic E-state index is 8.58. The Morgan fingerprint density at radius 2 is 0.875 bits per heavy atom. The molecule has 0 heterocycles. The van der Waals surface area contributed by atoms with E-state index < -0.39 is 9.05 Å². The number of hydrogen-bond donors (Lipinski definition) is 0. The van der Waals surface area contributed by atoms with Gasteiger partial charge in [-0.15, -0.1) is 0 Å². The van der Waals surface area contributed by atoms with Crippen LogP contribution in [0.3, 0.4) is 0 Å². The van der Waals surface area contributed by atoms with Gasteiger partial charge in [-0.1, -0.05) is 0 Å². The third kappa shape index (κ3) is 67.2. The van der Waals surface area contributed by atoms with E-state index >= 15 is 0 Å². The van der Waals surface area contributed by atoms with E-state index in [0.717, 1.165) is 0 Å². The Morgan fingerprint density at radius 1 is 0.875 bits per heavy atom. The van der Waals surface area contributed by atoms with E-state index in [1.54, 1.807) is 0 Å². The zero-order chi connectivity index (χ0) is 4.50. The van der Waals surface area contributed by atoms with Gasteiger partial charge in [0.15, 0.2) is 0 Å². The van der Waals surface area contributed by atoms with Gasteiger partial charge in [-0.2, -0.15) is 0 Å². The van der Waals surface area contributed by atoms with Gasteiger partial charge in [0.05, 0.1) is 0 Å². The first-order valence-corrected chi connectivity index (χ1v) is 2.45. The van der Waals surface area contributed by atoms with Crippen molar-refractivity contribution in [2.24, 2.45) is 0 Å². The smallest absolute Gasteiger partial charge is 0.894 e. The second kappa shape index (κ2) is 9.85. The van der Waals surface area contributed by atoms with Crippen LogP contribution in [0.25, 0.3) is 0 Å². The van der Waals surface area contributed by atoms with Crippen molar-refractivity contribution >= 4 is 64.1 Å². The fourth-order valence-corrected chi connectivity index (χ4v) is 0. The van der Waals surface area contributed by atoms with Crippen molar-refractivity contribution in [1.82, 2.24) is 0 Å². The first kappa shape index (κ1) is 22.4. The average Bonchev–Trinajstić information content (AvgIpc) is 0.722. The predicted molar refractivity (Wildman–Crippen MR) is 17.3 cm³/mol. The molecule has 0 unspecified atom stereocenters. The molecule has 0 aromatic carbocycles. The fourth-order valence-electron chi connectivity index (χ4n) is 0. The van der Waals surface area contributed by atoms with Crippen LogP contribution in [0, 0.1) is 0 Å². The minimum Gasteiger partial charge on any atom is -0.894 e. The topological polar surface area (TPSA) is 92.2 Å². The molecule has 8 heavy (non-hydrogen) atoms. The van der Waals surface area contributed by atoms with E-state index in [1.165, 1.54) is 0 Å². The Morgan fingerprint density at radius 3 is 0.875 bits per heavy atom. The number of rotatable bonds is 0. The maximum absolute atomic E-state index is 8.58. The SMILES string of the molecule is [Al+3].[Ca+2].[Na+].[O-][Si]([O-])([O-])[O-]. The average molecular weight is 182 g/mol. The van der Waals surface area contributed by atoms with Crippen LogP contribution in [0.5, 0.6) is 0 Å². The standard InChI is InChI=1S/Al.Ca.Na.O4Si/c;;;1-5(2,3)4/q+3;+2;+1;-4. The molecule has 32 valence electrons. The minimum absolute atomic E-state index is 0. The van der Waals surface area contributed by atoms with Gasteiger partial charge in [-0.25, -0.2) is 0 Å². The van der Waals surface area contributed by atoms with Crippen molar-refractivity contribution < 1.29 is 48.7 Å². The predicted octanol–water partition coefficient (Wildman–Crippen LogP) is -8.89. The molecule has 4 nitrogen and oxygen atoms in total. The molecule has 0 fully saturated rings. The Kier molecular flexibility index (Phi) is 27.6. The van der Waals surface area contributed by atoms with Gasteiger partial charge < -0.3 is 28.2 Å². The Balaban J connectivity index is -0.0000000267. The molecule has 0 saturated heterocycles. The van der Waals surface area contributed by atoms with E-state index in [1.807, 2.05) is 0 Å². The summed E-state index contributed by atoms with van der Waals surface area (Å²) >= 11 is 0. The van der Waals surface area contributed by atoms with Gasteiger partial charge in [0, 0.05) is 0 Å². The molecule has 8 heteroatoms. The van der Waals surface area contributed by atoms with E-state index in [2.05, 4.69) is 0 Å². The van der Waals surface area contributed by atoms with Crippen molar-refractivity contribution in [2.45, 2.75) is 0 Å². The summed E-state index contributed by atoms with van der Waals surface area (Å²) in [5.74, 6) is 0. The third-order valence-electron chi connectivity index (χ3n) is 0. The van der Waals surface area contributed by atoms with Crippen molar-refractivity contribution in [3.05, 3.63) is 0 Å². The van der Waals surface area contributed by atoms with Crippen LogP contribution in [0.15, 0.2) is 0 Å².